The molecule has 0 radical (unpaired) electrons. The number of rotatable bonds is 2. The predicted octanol–water partition coefficient (Wildman–Crippen LogP) is 4.10. The van der Waals surface area contributed by atoms with Crippen LogP contribution >= 0.6 is 27.3 Å². The van der Waals surface area contributed by atoms with Crippen molar-refractivity contribution in [2.24, 2.45) is 0 Å². The minimum Gasteiger partial charge on any atom is -0.151 e. The van der Waals surface area contributed by atoms with Crippen LogP contribution in [-0.2, 0) is 6.42 Å². The fourth-order valence-corrected chi connectivity index (χ4v) is 2.69. The van der Waals surface area contributed by atoms with Crippen LogP contribution in [0.15, 0.2) is 45.6 Å². The zero-order valence-electron chi connectivity index (χ0n) is 7.03. The lowest BCUT2D eigenvalue weighted by molar-refractivity contribution is 1.20. The largest absolute Gasteiger partial charge is 0.151 e. The second kappa shape index (κ2) is 4.07. The first-order valence-corrected chi connectivity index (χ1v) is 5.84. The van der Waals surface area contributed by atoms with E-state index in [0.29, 0.717) is 0 Å². The quantitative estimate of drug-likeness (QED) is 0.755. The molecular weight excluding hydrogens is 244 g/mol. The molecule has 0 aliphatic heterocycles. The van der Waals surface area contributed by atoms with Crippen molar-refractivity contribution in [1.82, 2.24) is 0 Å². The molecule has 0 unspecified atom stereocenters. The maximum absolute atomic E-state index is 3.53. The summed E-state index contributed by atoms with van der Waals surface area (Å²) in [6.45, 7) is 0. The fourth-order valence-electron chi connectivity index (χ4n) is 1.25. The van der Waals surface area contributed by atoms with Crippen LogP contribution in [0.5, 0.6) is 0 Å². The third-order valence-electron chi connectivity index (χ3n) is 1.93. The first kappa shape index (κ1) is 8.97. The maximum Gasteiger partial charge on any atom is 0.0317 e. The molecule has 0 fully saturated rings. The number of hydrogen-bond donors (Lipinski definition) is 0. The van der Waals surface area contributed by atoms with Gasteiger partial charge in [-0.05, 0) is 38.9 Å². The summed E-state index contributed by atoms with van der Waals surface area (Å²) in [7, 11) is 0. The minimum atomic E-state index is 1.02. The van der Waals surface area contributed by atoms with Crippen molar-refractivity contribution in [2.75, 3.05) is 0 Å². The van der Waals surface area contributed by atoms with Gasteiger partial charge in [-0.25, -0.2) is 0 Å². The summed E-state index contributed by atoms with van der Waals surface area (Å²) in [5, 5.41) is 4.31. The molecule has 2 heteroatoms. The molecule has 2 rings (SSSR count). The van der Waals surface area contributed by atoms with Crippen LogP contribution in [-0.4, -0.2) is 0 Å². The molecule has 0 nitrogen and oxygen atoms in total. The molecule has 0 N–H and O–H groups in total. The second-order valence-corrected chi connectivity index (χ2v) is 4.51. The topological polar surface area (TPSA) is 0 Å². The van der Waals surface area contributed by atoms with Crippen LogP contribution in [0.2, 0.25) is 0 Å². The Labute approximate surface area is 90.4 Å². The van der Waals surface area contributed by atoms with Crippen LogP contribution in [0, 0.1) is 0 Å². The standard InChI is InChI=1S/C11H9BrS/c12-11-8-13-7-10(11)6-9-4-2-1-3-5-9/h1-5,7-8H,6H2. The van der Waals surface area contributed by atoms with Gasteiger partial charge in [-0.3, -0.25) is 0 Å². The number of hydrogen-bond acceptors (Lipinski definition) is 1. The Kier molecular flexibility index (Phi) is 2.81. The smallest absolute Gasteiger partial charge is 0.0317 e. The van der Waals surface area contributed by atoms with Crippen molar-refractivity contribution in [3.63, 3.8) is 0 Å². The van der Waals surface area contributed by atoms with E-state index >= 15 is 0 Å². The minimum absolute atomic E-state index is 1.02. The Morgan fingerprint density at radius 1 is 1.08 bits per heavy atom. The normalized spacial score (nSPS) is 10.2. The van der Waals surface area contributed by atoms with Gasteiger partial charge in [0.05, 0.1) is 0 Å². The Balaban J connectivity index is 2.20. The van der Waals surface area contributed by atoms with Crippen LogP contribution < -0.4 is 0 Å². The summed E-state index contributed by atoms with van der Waals surface area (Å²) in [5.74, 6) is 0. The molecule has 66 valence electrons. The van der Waals surface area contributed by atoms with E-state index < -0.39 is 0 Å². The highest BCUT2D eigenvalue weighted by Crippen LogP contribution is 2.23. The third kappa shape index (κ3) is 2.20. The summed E-state index contributed by atoms with van der Waals surface area (Å²) >= 11 is 5.27. The van der Waals surface area contributed by atoms with Crippen molar-refractivity contribution in [1.29, 1.82) is 0 Å². The average Bonchev–Trinajstić information content (AvgIpc) is 2.54. The molecule has 1 aromatic heterocycles. The molecule has 0 aliphatic carbocycles. The average molecular weight is 253 g/mol. The van der Waals surface area contributed by atoms with E-state index in [0.717, 1.165) is 6.42 Å². The van der Waals surface area contributed by atoms with Crippen LogP contribution in [0.25, 0.3) is 0 Å². The maximum atomic E-state index is 3.53. The summed E-state index contributed by atoms with van der Waals surface area (Å²) < 4.78 is 1.22. The molecule has 0 saturated heterocycles. The number of benzene rings is 1. The van der Waals surface area contributed by atoms with Crippen molar-refractivity contribution in [3.8, 4) is 0 Å². The molecule has 0 aliphatic rings. The highest BCUT2D eigenvalue weighted by atomic mass is 79.9. The highest BCUT2D eigenvalue weighted by molar-refractivity contribution is 9.10. The lowest BCUT2D eigenvalue weighted by Gasteiger charge is -1.98. The first-order chi connectivity index (χ1) is 6.36. The van der Waals surface area contributed by atoms with Gasteiger partial charge >= 0.3 is 0 Å². The summed E-state index contributed by atoms with van der Waals surface area (Å²) in [5.41, 5.74) is 2.73. The van der Waals surface area contributed by atoms with Crippen LogP contribution in [0.3, 0.4) is 0 Å². The Hall–Kier alpha value is -0.600. The molecule has 0 amide bonds. The van der Waals surface area contributed by atoms with E-state index in [1.165, 1.54) is 15.6 Å². The van der Waals surface area contributed by atoms with Gasteiger partial charge in [0, 0.05) is 9.85 Å². The van der Waals surface area contributed by atoms with Crippen molar-refractivity contribution in [3.05, 3.63) is 56.7 Å². The van der Waals surface area contributed by atoms with E-state index in [9.17, 15) is 0 Å². The fraction of sp³-hybridized carbons (Fsp3) is 0.0909. The Bertz CT molecular complexity index is 378. The number of thiophene rings is 1. The van der Waals surface area contributed by atoms with Gasteiger partial charge in [0.25, 0.3) is 0 Å². The lowest BCUT2D eigenvalue weighted by Crippen LogP contribution is -1.84. The van der Waals surface area contributed by atoms with Crippen molar-refractivity contribution in [2.45, 2.75) is 6.42 Å². The molecule has 0 saturated carbocycles. The summed E-state index contributed by atoms with van der Waals surface area (Å²) in [4.78, 5) is 0. The SMILES string of the molecule is Brc1cscc1Cc1ccccc1. The molecule has 0 bridgehead atoms. The van der Waals surface area contributed by atoms with Gasteiger partial charge in [-0.2, -0.15) is 11.3 Å². The van der Waals surface area contributed by atoms with E-state index in [1.807, 2.05) is 6.07 Å². The van der Waals surface area contributed by atoms with E-state index in [-0.39, 0.29) is 0 Å². The molecule has 0 spiro atoms. The Morgan fingerprint density at radius 3 is 2.46 bits per heavy atom. The zero-order chi connectivity index (χ0) is 9.10. The molecular formula is C11H9BrS. The monoisotopic (exact) mass is 252 g/mol. The van der Waals surface area contributed by atoms with Gasteiger partial charge in [0.2, 0.25) is 0 Å². The summed E-state index contributed by atoms with van der Waals surface area (Å²) in [6.07, 6.45) is 1.02. The first-order valence-electron chi connectivity index (χ1n) is 4.11. The summed E-state index contributed by atoms with van der Waals surface area (Å²) in [6, 6.07) is 10.5. The predicted molar refractivity (Wildman–Crippen MR) is 61.3 cm³/mol. The molecule has 1 heterocycles. The van der Waals surface area contributed by atoms with E-state index in [4.69, 9.17) is 0 Å². The van der Waals surface area contributed by atoms with E-state index in [2.05, 4.69) is 51.0 Å². The van der Waals surface area contributed by atoms with Crippen LogP contribution in [0.4, 0.5) is 0 Å². The van der Waals surface area contributed by atoms with Gasteiger partial charge in [0.15, 0.2) is 0 Å². The van der Waals surface area contributed by atoms with Crippen LogP contribution in [0.1, 0.15) is 11.1 Å². The third-order valence-corrected chi connectivity index (χ3v) is 3.76. The zero-order valence-corrected chi connectivity index (χ0v) is 9.44. The van der Waals surface area contributed by atoms with Gasteiger partial charge < -0.3 is 0 Å². The van der Waals surface area contributed by atoms with Gasteiger partial charge in [0.1, 0.15) is 0 Å². The van der Waals surface area contributed by atoms with Crippen molar-refractivity contribution >= 4 is 27.3 Å². The van der Waals surface area contributed by atoms with Gasteiger partial charge in [-0.15, -0.1) is 0 Å². The molecule has 13 heavy (non-hydrogen) atoms. The molecule has 0 atom stereocenters. The lowest BCUT2D eigenvalue weighted by atomic mass is 10.1. The van der Waals surface area contributed by atoms with E-state index in [1.54, 1.807) is 11.3 Å². The van der Waals surface area contributed by atoms with Crippen molar-refractivity contribution < 1.29 is 0 Å². The van der Waals surface area contributed by atoms with Gasteiger partial charge in [-0.1, -0.05) is 30.3 Å². The second-order valence-electron chi connectivity index (χ2n) is 2.91. The molecule has 1 aromatic carbocycles. The highest BCUT2D eigenvalue weighted by Gasteiger charge is 2.00. The number of halogens is 1. The molecule has 2 aromatic rings. The Morgan fingerprint density at radius 2 is 1.85 bits per heavy atom.